The van der Waals surface area contributed by atoms with Crippen LogP contribution in [-0.4, -0.2) is 34.5 Å². The van der Waals surface area contributed by atoms with E-state index in [0.717, 1.165) is 0 Å². The second-order valence-electron chi connectivity index (χ2n) is 2.98. The summed E-state index contributed by atoms with van der Waals surface area (Å²) >= 11 is 0. The number of imidazole rings is 1. The van der Waals surface area contributed by atoms with E-state index in [2.05, 4.69) is 4.98 Å². The standard InChI is InChI=1S/C8H8F3N3O2/c9-8(10,11)4-12-7(16)2-14-1-6(3-15)13-5-14/h1,3,5H,2,4H2,(H,12,16). The van der Waals surface area contributed by atoms with Gasteiger partial charge in [-0.15, -0.1) is 0 Å². The number of nitrogens with zero attached hydrogens (tertiary/aromatic N) is 2. The van der Waals surface area contributed by atoms with Crippen molar-refractivity contribution in [2.24, 2.45) is 0 Å². The Bertz CT molecular complexity index is 386. The maximum absolute atomic E-state index is 11.7. The molecule has 88 valence electrons. The lowest BCUT2D eigenvalue weighted by Crippen LogP contribution is -2.35. The fourth-order valence-corrected chi connectivity index (χ4v) is 0.945. The maximum Gasteiger partial charge on any atom is 0.405 e. The molecule has 5 nitrogen and oxygen atoms in total. The number of nitrogens with one attached hydrogen (secondary N) is 1. The van der Waals surface area contributed by atoms with Gasteiger partial charge in [0.15, 0.2) is 6.29 Å². The second-order valence-corrected chi connectivity index (χ2v) is 2.98. The molecule has 0 fully saturated rings. The molecule has 0 radical (unpaired) electrons. The molecule has 0 unspecified atom stereocenters. The van der Waals surface area contributed by atoms with Gasteiger partial charge in [0.05, 0.1) is 6.33 Å². The van der Waals surface area contributed by atoms with Crippen molar-refractivity contribution in [3.8, 4) is 0 Å². The highest BCUT2D eigenvalue weighted by molar-refractivity contribution is 5.76. The summed E-state index contributed by atoms with van der Waals surface area (Å²) in [6.45, 7) is -1.68. The van der Waals surface area contributed by atoms with Crippen LogP contribution < -0.4 is 5.32 Å². The third kappa shape index (κ3) is 4.11. The van der Waals surface area contributed by atoms with E-state index in [1.165, 1.54) is 17.1 Å². The van der Waals surface area contributed by atoms with Crippen LogP contribution in [0.2, 0.25) is 0 Å². The number of aldehydes is 1. The number of hydrogen-bond acceptors (Lipinski definition) is 3. The first-order valence-electron chi connectivity index (χ1n) is 4.21. The Morgan fingerprint density at radius 2 is 2.25 bits per heavy atom. The first kappa shape index (κ1) is 12.2. The number of carbonyl (C=O) groups is 2. The Labute approximate surface area is 88.3 Å². The Balaban J connectivity index is 2.42. The van der Waals surface area contributed by atoms with E-state index in [-0.39, 0.29) is 12.2 Å². The van der Waals surface area contributed by atoms with E-state index in [4.69, 9.17) is 0 Å². The molecular formula is C8H8F3N3O2. The third-order valence-electron chi connectivity index (χ3n) is 1.59. The minimum Gasteiger partial charge on any atom is -0.345 e. The minimum atomic E-state index is -4.43. The van der Waals surface area contributed by atoms with E-state index in [1.54, 1.807) is 5.32 Å². The number of halogens is 3. The molecule has 0 spiro atoms. The van der Waals surface area contributed by atoms with E-state index in [1.807, 2.05) is 0 Å². The zero-order chi connectivity index (χ0) is 12.2. The molecule has 1 aromatic rings. The lowest BCUT2D eigenvalue weighted by atomic mass is 10.5. The quantitative estimate of drug-likeness (QED) is 0.767. The number of hydrogen-bond donors (Lipinski definition) is 1. The number of aromatic nitrogens is 2. The predicted molar refractivity (Wildman–Crippen MR) is 46.7 cm³/mol. The highest BCUT2D eigenvalue weighted by Gasteiger charge is 2.27. The molecule has 1 rings (SSSR count). The largest absolute Gasteiger partial charge is 0.405 e. The molecule has 0 aromatic carbocycles. The van der Waals surface area contributed by atoms with Crippen LogP contribution in [0.4, 0.5) is 13.2 Å². The van der Waals surface area contributed by atoms with E-state index < -0.39 is 18.6 Å². The summed E-state index contributed by atoms with van der Waals surface area (Å²) in [5.41, 5.74) is 0.114. The molecule has 0 aliphatic heterocycles. The lowest BCUT2D eigenvalue weighted by Gasteiger charge is -2.08. The van der Waals surface area contributed by atoms with Gasteiger partial charge in [-0.05, 0) is 0 Å². The summed E-state index contributed by atoms with van der Waals surface area (Å²) < 4.78 is 36.4. The van der Waals surface area contributed by atoms with Crippen LogP contribution in [0, 0.1) is 0 Å². The van der Waals surface area contributed by atoms with Crippen LogP contribution in [0.25, 0.3) is 0 Å². The smallest absolute Gasteiger partial charge is 0.345 e. The van der Waals surface area contributed by atoms with Gasteiger partial charge in [-0.25, -0.2) is 4.98 Å². The molecule has 0 saturated carbocycles. The molecule has 1 aromatic heterocycles. The monoisotopic (exact) mass is 235 g/mol. The number of alkyl halides is 3. The van der Waals surface area contributed by atoms with Crippen molar-refractivity contribution in [3.05, 3.63) is 18.2 Å². The molecular weight excluding hydrogens is 227 g/mol. The van der Waals surface area contributed by atoms with Crippen LogP contribution in [0.15, 0.2) is 12.5 Å². The van der Waals surface area contributed by atoms with Gasteiger partial charge < -0.3 is 9.88 Å². The normalized spacial score (nSPS) is 11.2. The molecule has 0 aliphatic carbocycles. The molecule has 0 saturated heterocycles. The van der Waals surface area contributed by atoms with Gasteiger partial charge in [0.25, 0.3) is 0 Å². The highest BCUT2D eigenvalue weighted by atomic mass is 19.4. The summed E-state index contributed by atoms with van der Waals surface area (Å²) in [4.78, 5) is 24.8. The molecule has 1 amide bonds. The zero-order valence-corrected chi connectivity index (χ0v) is 7.99. The van der Waals surface area contributed by atoms with Crippen molar-refractivity contribution in [1.82, 2.24) is 14.9 Å². The van der Waals surface area contributed by atoms with Crippen LogP contribution in [0.1, 0.15) is 10.5 Å². The maximum atomic E-state index is 11.7. The molecule has 0 bridgehead atoms. The Kier molecular flexibility index (Phi) is 3.64. The van der Waals surface area contributed by atoms with Crippen molar-refractivity contribution in [1.29, 1.82) is 0 Å². The van der Waals surface area contributed by atoms with Gasteiger partial charge in [-0.1, -0.05) is 0 Å². The van der Waals surface area contributed by atoms with E-state index >= 15 is 0 Å². The zero-order valence-electron chi connectivity index (χ0n) is 7.99. The van der Waals surface area contributed by atoms with Gasteiger partial charge >= 0.3 is 6.18 Å². The Morgan fingerprint density at radius 1 is 1.56 bits per heavy atom. The SMILES string of the molecule is O=Cc1cn(CC(=O)NCC(F)(F)F)cn1. The van der Waals surface area contributed by atoms with Crippen LogP contribution >= 0.6 is 0 Å². The summed E-state index contributed by atoms with van der Waals surface area (Å²) in [7, 11) is 0. The van der Waals surface area contributed by atoms with Gasteiger partial charge in [0, 0.05) is 6.20 Å². The number of rotatable bonds is 4. The molecule has 8 heteroatoms. The summed E-state index contributed by atoms with van der Waals surface area (Å²) in [5.74, 6) is -0.799. The van der Waals surface area contributed by atoms with Crippen LogP contribution in [-0.2, 0) is 11.3 Å². The first-order chi connectivity index (χ1) is 7.40. The summed E-state index contributed by atoms with van der Waals surface area (Å²) in [5, 5.41) is 1.70. The molecule has 1 heterocycles. The summed E-state index contributed by atoms with van der Waals surface area (Å²) in [6, 6.07) is 0. The van der Waals surface area contributed by atoms with E-state index in [9.17, 15) is 22.8 Å². The number of carbonyl (C=O) groups excluding carboxylic acids is 2. The molecule has 16 heavy (non-hydrogen) atoms. The molecule has 0 aliphatic rings. The lowest BCUT2D eigenvalue weighted by molar-refractivity contribution is -0.138. The second kappa shape index (κ2) is 4.77. The fourth-order valence-electron chi connectivity index (χ4n) is 0.945. The molecule has 0 atom stereocenters. The van der Waals surface area contributed by atoms with Gasteiger partial charge in [-0.2, -0.15) is 13.2 Å². The first-order valence-corrected chi connectivity index (χ1v) is 4.21. The Morgan fingerprint density at radius 3 is 2.75 bits per heavy atom. The van der Waals surface area contributed by atoms with Crippen LogP contribution in [0.5, 0.6) is 0 Å². The van der Waals surface area contributed by atoms with Crippen molar-refractivity contribution >= 4 is 12.2 Å². The van der Waals surface area contributed by atoms with Crippen LogP contribution in [0.3, 0.4) is 0 Å². The predicted octanol–water partition coefficient (Wildman–Crippen LogP) is 0.374. The third-order valence-corrected chi connectivity index (χ3v) is 1.59. The van der Waals surface area contributed by atoms with E-state index in [0.29, 0.717) is 6.29 Å². The average molecular weight is 235 g/mol. The molecule has 1 N–H and O–H groups in total. The highest BCUT2D eigenvalue weighted by Crippen LogP contribution is 2.11. The topological polar surface area (TPSA) is 64.0 Å². The fraction of sp³-hybridized carbons (Fsp3) is 0.375. The van der Waals surface area contributed by atoms with Crippen molar-refractivity contribution in [3.63, 3.8) is 0 Å². The minimum absolute atomic E-state index is 0.114. The van der Waals surface area contributed by atoms with Crippen molar-refractivity contribution in [2.75, 3.05) is 6.54 Å². The average Bonchev–Trinajstić information content (AvgIpc) is 2.61. The summed E-state index contributed by atoms with van der Waals surface area (Å²) in [6.07, 6.45) is -1.50. The number of amides is 1. The van der Waals surface area contributed by atoms with Gasteiger partial charge in [0.1, 0.15) is 18.8 Å². The van der Waals surface area contributed by atoms with Gasteiger partial charge in [-0.3, -0.25) is 9.59 Å². The Hall–Kier alpha value is -1.86. The van der Waals surface area contributed by atoms with Crippen molar-refractivity contribution < 1.29 is 22.8 Å². The van der Waals surface area contributed by atoms with Crippen molar-refractivity contribution in [2.45, 2.75) is 12.7 Å². The van der Waals surface area contributed by atoms with Gasteiger partial charge in [0.2, 0.25) is 5.91 Å².